The van der Waals surface area contributed by atoms with Gasteiger partial charge in [-0.2, -0.15) is 0 Å². The number of fused-ring (bicyclic) bond motifs is 2. The van der Waals surface area contributed by atoms with Gasteiger partial charge in [0.05, 0.1) is 4.90 Å². The third-order valence-corrected chi connectivity index (χ3v) is 6.84. The highest BCUT2D eigenvalue weighted by molar-refractivity contribution is 7.89. The van der Waals surface area contributed by atoms with Gasteiger partial charge in [-0.25, -0.2) is 13.1 Å². The van der Waals surface area contributed by atoms with E-state index in [2.05, 4.69) is 34.7 Å². The van der Waals surface area contributed by atoms with E-state index in [1.165, 1.54) is 23.7 Å². The van der Waals surface area contributed by atoms with Gasteiger partial charge in [-0.1, -0.05) is 19.1 Å². The summed E-state index contributed by atoms with van der Waals surface area (Å²) in [7, 11) is -3.59. The van der Waals surface area contributed by atoms with Crippen LogP contribution in [0.3, 0.4) is 0 Å². The molecule has 2 aromatic rings. The molecule has 2 aliphatic rings. The number of nitrogens with zero attached hydrogens (tertiary/aromatic N) is 1. The summed E-state index contributed by atoms with van der Waals surface area (Å²) in [5.41, 5.74) is 3.86. The molecule has 6 nitrogen and oxygen atoms in total. The highest BCUT2D eigenvalue weighted by Crippen LogP contribution is 2.32. The molecule has 0 atom stereocenters. The highest BCUT2D eigenvalue weighted by atomic mass is 32.2. The summed E-state index contributed by atoms with van der Waals surface area (Å²) in [5, 5.41) is 0. The zero-order chi connectivity index (χ0) is 20.3. The molecule has 0 saturated heterocycles. The van der Waals surface area contributed by atoms with Crippen molar-refractivity contribution in [2.45, 2.75) is 37.5 Å². The van der Waals surface area contributed by atoms with E-state index in [4.69, 9.17) is 9.47 Å². The second-order valence-electron chi connectivity index (χ2n) is 7.51. The van der Waals surface area contributed by atoms with Crippen LogP contribution in [0, 0.1) is 0 Å². The summed E-state index contributed by atoms with van der Waals surface area (Å²) in [6.45, 7) is 5.67. The zero-order valence-corrected chi connectivity index (χ0v) is 17.6. The van der Waals surface area contributed by atoms with Crippen molar-refractivity contribution in [1.29, 1.82) is 0 Å². The van der Waals surface area contributed by atoms with Gasteiger partial charge >= 0.3 is 0 Å². The maximum atomic E-state index is 12.6. The lowest BCUT2D eigenvalue weighted by Crippen LogP contribution is -2.30. The van der Waals surface area contributed by atoms with E-state index >= 15 is 0 Å². The minimum atomic E-state index is -3.59. The summed E-state index contributed by atoms with van der Waals surface area (Å²) in [6.07, 6.45) is 4.06. The van der Waals surface area contributed by atoms with Crippen LogP contribution in [-0.4, -0.2) is 41.3 Å². The number of ether oxygens (including phenoxy) is 2. The predicted octanol–water partition coefficient (Wildman–Crippen LogP) is 3.14. The van der Waals surface area contributed by atoms with Crippen LogP contribution < -0.4 is 19.1 Å². The first-order chi connectivity index (χ1) is 14.1. The molecule has 1 N–H and O–H groups in total. The molecule has 0 fully saturated rings. The molecule has 0 spiro atoms. The lowest BCUT2D eigenvalue weighted by atomic mass is 9.98. The Bertz CT molecular complexity index is 975. The van der Waals surface area contributed by atoms with Crippen molar-refractivity contribution in [3.05, 3.63) is 47.5 Å². The summed E-state index contributed by atoms with van der Waals surface area (Å²) in [6, 6.07) is 11.3. The van der Waals surface area contributed by atoms with E-state index in [1.807, 2.05) is 0 Å². The van der Waals surface area contributed by atoms with Crippen molar-refractivity contribution >= 4 is 15.7 Å². The van der Waals surface area contributed by atoms with E-state index < -0.39 is 10.0 Å². The van der Waals surface area contributed by atoms with Gasteiger partial charge in [0.25, 0.3) is 0 Å². The largest absolute Gasteiger partial charge is 0.486 e. The van der Waals surface area contributed by atoms with Crippen molar-refractivity contribution in [3.8, 4) is 11.5 Å². The topological polar surface area (TPSA) is 67.9 Å². The van der Waals surface area contributed by atoms with Crippen molar-refractivity contribution < 1.29 is 17.9 Å². The van der Waals surface area contributed by atoms with E-state index in [0.29, 0.717) is 37.7 Å². The van der Waals surface area contributed by atoms with Gasteiger partial charge in [-0.15, -0.1) is 0 Å². The first-order valence-corrected chi connectivity index (χ1v) is 11.8. The number of anilines is 1. The Labute approximate surface area is 172 Å². The van der Waals surface area contributed by atoms with Crippen LogP contribution >= 0.6 is 0 Å². The van der Waals surface area contributed by atoms with Crippen molar-refractivity contribution in [1.82, 2.24) is 4.72 Å². The molecule has 156 valence electrons. The molecule has 0 saturated carbocycles. The van der Waals surface area contributed by atoms with Gasteiger partial charge in [0.2, 0.25) is 10.0 Å². The molecular weight excluding hydrogens is 388 g/mol. The molecule has 2 heterocycles. The molecule has 0 aromatic heterocycles. The molecule has 7 heteroatoms. The quantitative estimate of drug-likeness (QED) is 0.751. The number of nitrogens with one attached hydrogen (secondary N) is 1. The summed E-state index contributed by atoms with van der Waals surface area (Å²) >= 11 is 0. The number of hydrogen-bond donors (Lipinski definition) is 1. The van der Waals surface area contributed by atoms with Crippen molar-refractivity contribution in [2.24, 2.45) is 0 Å². The zero-order valence-electron chi connectivity index (χ0n) is 16.8. The van der Waals surface area contributed by atoms with E-state index in [-0.39, 0.29) is 4.90 Å². The summed E-state index contributed by atoms with van der Waals surface area (Å²) in [5.74, 6) is 1.06. The fourth-order valence-electron chi connectivity index (χ4n) is 3.99. The molecule has 0 aliphatic carbocycles. The van der Waals surface area contributed by atoms with Gasteiger partial charge in [-0.3, -0.25) is 0 Å². The Hall–Kier alpha value is -2.25. The molecule has 0 unspecified atom stereocenters. The van der Waals surface area contributed by atoms with Crippen LogP contribution in [0.25, 0.3) is 0 Å². The number of rotatable bonds is 7. The van der Waals surface area contributed by atoms with Gasteiger partial charge in [0, 0.05) is 31.4 Å². The number of benzene rings is 2. The average molecular weight is 417 g/mol. The van der Waals surface area contributed by atoms with Crippen molar-refractivity contribution in [2.75, 3.05) is 37.7 Å². The van der Waals surface area contributed by atoms with Gasteiger partial charge in [0.1, 0.15) is 13.2 Å². The van der Waals surface area contributed by atoms with E-state index in [0.717, 1.165) is 31.5 Å². The van der Waals surface area contributed by atoms with E-state index in [1.54, 1.807) is 12.1 Å². The molecule has 2 aliphatic heterocycles. The molecule has 29 heavy (non-hydrogen) atoms. The second-order valence-corrected chi connectivity index (χ2v) is 9.27. The third-order valence-electron chi connectivity index (χ3n) is 5.38. The van der Waals surface area contributed by atoms with Gasteiger partial charge < -0.3 is 14.4 Å². The molecule has 2 aromatic carbocycles. The number of hydrogen-bond acceptors (Lipinski definition) is 5. The number of sulfonamides is 1. The Morgan fingerprint density at radius 2 is 1.90 bits per heavy atom. The van der Waals surface area contributed by atoms with Gasteiger partial charge in [-0.05, 0) is 55.0 Å². The minimum absolute atomic E-state index is 0.197. The normalized spacial score (nSPS) is 15.8. The number of aryl methyl sites for hydroxylation is 1. The standard InChI is InChI=1S/C22H28N2O4S/c1-2-11-24-12-3-4-18-15-17(5-7-20(18)24)9-10-23-29(25,26)19-6-8-21-22(16-19)28-14-13-27-21/h5-8,15-16,23H,2-4,9-14H2,1H3. The van der Waals surface area contributed by atoms with Crippen LogP contribution in [0.4, 0.5) is 5.69 Å². The Kier molecular flexibility index (Phi) is 5.96. The van der Waals surface area contributed by atoms with Crippen molar-refractivity contribution in [3.63, 3.8) is 0 Å². The molecule has 4 rings (SSSR count). The first kappa shape index (κ1) is 20.0. The fraction of sp³-hybridized carbons (Fsp3) is 0.455. The third kappa shape index (κ3) is 4.51. The molecule has 0 bridgehead atoms. The minimum Gasteiger partial charge on any atom is -0.486 e. The van der Waals surface area contributed by atoms with Gasteiger partial charge in [0.15, 0.2) is 11.5 Å². The maximum Gasteiger partial charge on any atom is 0.240 e. The van der Waals surface area contributed by atoms with E-state index in [9.17, 15) is 8.42 Å². The monoisotopic (exact) mass is 416 g/mol. The average Bonchev–Trinajstić information content (AvgIpc) is 2.73. The van der Waals surface area contributed by atoms with Crippen LogP contribution in [-0.2, 0) is 22.9 Å². The predicted molar refractivity (Wildman–Crippen MR) is 114 cm³/mol. The first-order valence-electron chi connectivity index (χ1n) is 10.3. The van der Waals surface area contributed by atoms with Crippen LogP contribution in [0.15, 0.2) is 41.3 Å². The Morgan fingerprint density at radius 1 is 1.07 bits per heavy atom. The van der Waals surface area contributed by atoms with Crippen LogP contribution in [0.5, 0.6) is 11.5 Å². The second kappa shape index (κ2) is 8.63. The summed E-state index contributed by atoms with van der Waals surface area (Å²) < 4.78 is 38.9. The lowest BCUT2D eigenvalue weighted by molar-refractivity contribution is 0.171. The Balaban J connectivity index is 1.39. The molecule has 0 radical (unpaired) electrons. The van der Waals surface area contributed by atoms with Crippen LogP contribution in [0.1, 0.15) is 30.9 Å². The fourth-order valence-corrected chi connectivity index (χ4v) is 5.04. The maximum absolute atomic E-state index is 12.6. The van der Waals surface area contributed by atoms with Crippen LogP contribution in [0.2, 0.25) is 0 Å². The lowest BCUT2D eigenvalue weighted by Gasteiger charge is -2.31. The highest BCUT2D eigenvalue weighted by Gasteiger charge is 2.20. The SMILES string of the molecule is CCCN1CCCc2cc(CCNS(=O)(=O)c3ccc4c(c3)OCCO4)ccc21. The smallest absolute Gasteiger partial charge is 0.240 e. The molecule has 0 amide bonds. The molecular formula is C22H28N2O4S. The summed E-state index contributed by atoms with van der Waals surface area (Å²) in [4.78, 5) is 2.65. The Morgan fingerprint density at radius 3 is 2.72 bits per heavy atom.